The Balaban J connectivity index is 1.13. The maximum absolute atomic E-state index is 12.9. The maximum Gasteiger partial charge on any atom is 0.255 e. The quantitative estimate of drug-likeness (QED) is 0.549. The van der Waals surface area contributed by atoms with Crippen LogP contribution < -0.4 is 11.1 Å². The van der Waals surface area contributed by atoms with Crippen molar-refractivity contribution in [2.45, 2.75) is 68.5 Å². The fourth-order valence-electron chi connectivity index (χ4n) is 6.78. The molecule has 1 amide bonds. The first-order chi connectivity index (χ1) is 17.7. The molecule has 2 aromatic rings. The number of nitrogens with two attached hydrogens (primary N) is 1. The van der Waals surface area contributed by atoms with E-state index in [9.17, 15) is 18.3 Å². The van der Waals surface area contributed by atoms with Crippen molar-refractivity contribution in [2.24, 2.45) is 5.92 Å². The molecule has 2 saturated carbocycles. The van der Waals surface area contributed by atoms with Crippen molar-refractivity contribution in [2.75, 3.05) is 30.3 Å². The van der Waals surface area contributed by atoms with E-state index in [1.54, 1.807) is 6.20 Å². The Kier molecular flexibility index (Phi) is 6.28. The molecular formula is C28H36N4O4S. The standard InChI is InChI=1S/C28H36N4O4S/c29-26-25(27(34)31-22-5-7-24(33)8-6-22)13-19(15-30-26)18-1-3-20(4-2-18)28-14-21(28)16-32(17-28)23-9-11-37(35,36)12-10-23/h1-4,13,15,21-24,33H,5-12,14,16-17H2,(H2,29,30)(H,31,34)/t21-,22-,24-,28+/m1/s1. The first-order valence-corrected chi connectivity index (χ1v) is 15.3. The van der Waals surface area contributed by atoms with Crippen LogP contribution in [0.25, 0.3) is 11.1 Å². The van der Waals surface area contributed by atoms with Crippen LogP contribution in [0.5, 0.6) is 0 Å². The fraction of sp³-hybridized carbons (Fsp3) is 0.571. The zero-order valence-electron chi connectivity index (χ0n) is 21.1. The van der Waals surface area contributed by atoms with Crippen molar-refractivity contribution in [1.29, 1.82) is 0 Å². The number of piperidine rings is 1. The topological polar surface area (TPSA) is 126 Å². The zero-order chi connectivity index (χ0) is 25.8. The summed E-state index contributed by atoms with van der Waals surface area (Å²) in [6.07, 6.45) is 7.09. The molecule has 8 nitrogen and oxygen atoms in total. The highest BCUT2D eigenvalue weighted by Crippen LogP contribution is 2.59. The van der Waals surface area contributed by atoms with Gasteiger partial charge in [-0.05, 0) is 68.1 Å². The van der Waals surface area contributed by atoms with Gasteiger partial charge in [0.1, 0.15) is 15.7 Å². The van der Waals surface area contributed by atoms with Crippen LogP contribution in [0, 0.1) is 5.92 Å². The van der Waals surface area contributed by atoms with E-state index in [0.29, 0.717) is 41.9 Å². The number of anilines is 1. The summed E-state index contributed by atoms with van der Waals surface area (Å²) in [5.74, 6) is 1.28. The second-order valence-electron chi connectivity index (χ2n) is 11.6. The van der Waals surface area contributed by atoms with Crippen molar-refractivity contribution < 1.29 is 18.3 Å². The molecule has 0 unspecified atom stereocenters. The summed E-state index contributed by atoms with van der Waals surface area (Å²) in [6.45, 7) is 2.07. The Hall–Kier alpha value is -2.49. The van der Waals surface area contributed by atoms with E-state index < -0.39 is 9.84 Å². The minimum atomic E-state index is -2.84. The van der Waals surface area contributed by atoms with E-state index in [0.717, 1.165) is 49.9 Å². The predicted octanol–water partition coefficient (Wildman–Crippen LogP) is 2.51. The lowest BCUT2D eigenvalue weighted by atomic mass is 9.92. The number of aromatic nitrogens is 1. The Bertz CT molecular complexity index is 1280. The summed E-state index contributed by atoms with van der Waals surface area (Å²) >= 11 is 0. The molecule has 3 heterocycles. The number of aliphatic hydroxyl groups is 1. The summed E-state index contributed by atoms with van der Waals surface area (Å²) in [7, 11) is -2.84. The van der Waals surface area contributed by atoms with E-state index >= 15 is 0 Å². The molecule has 1 aromatic heterocycles. The Labute approximate surface area is 218 Å². The van der Waals surface area contributed by atoms with Gasteiger partial charge >= 0.3 is 0 Å². The summed E-state index contributed by atoms with van der Waals surface area (Å²) in [5.41, 5.74) is 9.82. The van der Waals surface area contributed by atoms with Crippen molar-refractivity contribution in [3.8, 4) is 11.1 Å². The van der Waals surface area contributed by atoms with Crippen LogP contribution in [-0.2, 0) is 15.3 Å². The molecule has 4 N–H and O–H groups in total. The smallest absolute Gasteiger partial charge is 0.255 e. The number of nitrogen functional groups attached to an aromatic ring is 1. The summed E-state index contributed by atoms with van der Waals surface area (Å²) in [6, 6.07) is 10.9. The number of sulfone groups is 1. The van der Waals surface area contributed by atoms with Crippen molar-refractivity contribution in [1.82, 2.24) is 15.2 Å². The monoisotopic (exact) mass is 524 g/mol. The lowest BCUT2D eigenvalue weighted by Crippen LogP contribution is -2.41. The van der Waals surface area contributed by atoms with Gasteiger partial charge in [0, 0.05) is 42.3 Å². The fourth-order valence-corrected chi connectivity index (χ4v) is 8.25. The van der Waals surface area contributed by atoms with Crippen molar-refractivity contribution in [3.05, 3.63) is 47.7 Å². The highest BCUT2D eigenvalue weighted by Gasteiger charge is 2.61. The number of amides is 1. The number of rotatable bonds is 5. The van der Waals surface area contributed by atoms with Gasteiger partial charge in [0.2, 0.25) is 0 Å². The SMILES string of the molecule is Nc1ncc(-c2ccc([C@@]34C[C@@H]3CN(C3CCS(=O)(=O)CC3)C4)cc2)cc1C(=O)N[C@H]1CC[C@H](O)CC1. The van der Waals surface area contributed by atoms with Gasteiger partial charge in [0.15, 0.2) is 0 Å². The minimum Gasteiger partial charge on any atom is -0.393 e. The van der Waals surface area contributed by atoms with Crippen LogP contribution in [-0.4, -0.2) is 72.1 Å². The number of hydrogen-bond acceptors (Lipinski definition) is 7. The molecule has 2 aliphatic carbocycles. The van der Waals surface area contributed by atoms with E-state index in [2.05, 4.69) is 39.5 Å². The van der Waals surface area contributed by atoms with Crippen LogP contribution in [0.3, 0.4) is 0 Å². The Morgan fingerprint density at radius 2 is 1.76 bits per heavy atom. The zero-order valence-corrected chi connectivity index (χ0v) is 21.9. The first kappa shape index (κ1) is 24.8. The van der Waals surface area contributed by atoms with Crippen LogP contribution >= 0.6 is 0 Å². The van der Waals surface area contributed by atoms with Crippen molar-refractivity contribution in [3.63, 3.8) is 0 Å². The molecule has 2 saturated heterocycles. The molecule has 1 aromatic carbocycles. The lowest BCUT2D eigenvalue weighted by molar-refractivity contribution is 0.0868. The molecule has 4 fully saturated rings. The number of likely N-dealkylation sites (tertiary alicyclic amines) is 1. The number of aliphatic hydroxyl groups excluding tert-OH is 1. The van der Waals surface area contributed by atoms with Gasteiger partial charge in [-0.1, -0.05) is 24.3 Å². The molecule has 0 spiro atoms. The number of nitrogens with one attached hydrogen (secondary N) is 1. The normalized spacial score (nSPS) is 31.5. The number of carbonyl (C=O) groups excluding carboxylic acids is 1. The van der Waals surface area contributed by atoms with Gasteiger partial charge in [-0.25, -0.2) is 13.4 Å². The van der Waals surface area contributed by atoms with Gasteiger partial charge in [0.05, 0.1) is 23.2 Å². The molecule has 4 aliphatic rings. The molecule has 2 aliphatic heterocycles. The number of hydrogen-bond donors (Lipinski definition) is 3. The summed E-state index contributed by atoms with van der Waals surface area (Å²) in [4.78, 5) is 19.8. The van der Waals surface area contributed by atoms with E-state index in [1.165, 1.54) is 12.0 Å². The number of nitrogens with zero attached hydrogens (tertiary/aromatic N) is 2. The predicted molar refractivity (Wildman–Crippen MR) is 143 cm³/mol. The first-order valence-electron chi connectivity index (χ1n) is 13.5. The maximum atomic E-state index is 12.9. The van der Waals surface area contributed by atoms with E-state index in [-0.39, 0.29) is 29.3 Å². The van der Waals surface area contributed by atoms with Gasteiger partial charge in [0.25, 0.3) is 5.91 Å². The van der Waals surface area contributed by atoms with Crippen LogP contribution in [0.2, 0.25) is 0 Å². The highest BCUT2D eigenvalue weighted by atomic mass is 32.2. The molecule has 0 bridgehead atoms. The largest absolute Gasteiger partial charge is 0.393 e. The highest BCUT2D eigenvalue weighted by molar-refractivity contribution is 7.91. The third-order valence-electron chi connectivity index (χ3n) is 9.20. The van der Waals surface area contributed by atoms with Gasteiger partial charge in [-0.15, -0.1) is 0 Å². The Morgan fingerprint density at radius 3 is 2.46 bits per heavy atom. The summed E-state index contributed by atoms with van der Waals surface area (Å²) in [5, 5.41) is 12.8. The molecule has 6 rings (SSSR count). The van der Waals surface area contributed by atoms with Crippen LogP contribution in [0.15, 0.2) is 36.5 Å². The van der Waals surface area contributed by atoms with Crippen molar-refractivity contribution >= 4 is 21.6 Å². The van der Waals surface area contributed by atoms with Gasteiger partial charge in [-0.3, -0.25) is 9.69 Å². The third-order valence-corrected chi connectivity index (χ3v) is 10.9. The average Bonchev–Trinajstić information content (AvgIpc) is 3.46. The van der Waals surface area contributed by atoms with E-state index in [4.69, 9.17) is 5.73 Å². The number of pyridine rings is 1. The average molecular weight is 525 g/mol. The summed E-state index contributed by atoms with van der Waals surface area (Å²) < 4.78 is 23.7. The number of carbonyl (C=O) groups is 1. The van der Waals surface area contributed by atoms with Crippen LogP contribution in [0.1, 0.15) is 60.9 Å². The molecule has 9 heteroatoms. The number of benzene rings is 1. The lowest BCUT2D eigenvalue weighted by Gasteiger charge is -2.33. The van der Waals surface area contributed by atoms with Gasteiger partial charge in [-0.2, -0.15) is 0 Å². The van der Waals surface area contributed by atoms with Crippen LogP contribution in [0.4, 0.5) is 5.82 Å². The molecule has 2 atom stereocenters. The van der Waals surface area contributed by atoms with E-state index in [1.807, 2.05) is 6.07 Å². The molecule has 198 valence electrons. The second-order valence-corrected chi connectivity index (χ2v) is 13.9. The second kappa shape index (κ2) is 9.36. The Morgan fingerprint density at radius 1 is 1.05 bits per heavy atom. The van der Waals surface area contributed by atoms with Gasteiger partial charge < -0.3 is 16.2 Å². The molecule has 0 radical (unpaired) electrons. The number of fused-ring (bicyclic) bond motifs is 1. The third kappa shape index (κ3) is 4.89. The minimum absolute atomic E-state index is 0.0490. The molecule has 37 heavy (non-hydrogen) atoms. The molecular weight excluding hydrogens is 488 g/mol.